The number of aliphatic carboxylic acids is 1. The van der Waals surface area contributed by atoms with Crippen molar-refractivity contribution in [3.63, 3.8) is 0 Å². The highest BCUT2D eigenvalue weighted by molar-refractivity contribution is 8.00. The maximum absolute atomic E-state index is 10.6. The summed E-state index contributed by atoms with van der Waals surface area (Å²) in [6.07, 6.45) is 5.25. The fraction of sp³-hybridized carbons (Fsp3) is 0.300. The van der Waals surface area contributed by atoms with Crippen LogP contribution in [0.25, 0.3) is 5.52 Å². The average Bonchev–Trinajstić information content (AvgIpc) is 2.65. The molecule has 16 heavy (non-hydrogen) atoms. The van der Waals surface area contributed by atoms with Gasteiger partial charge in [0.15, 0.2) is 0 Å². The Bertz CT molecular complexity index is 511. The molecule has 1 N–H and O–H groups in total. The molecule has 0 aliphatic heterocycles. The van der Waals surface area contributed by atoms with Gasteiger partial charge >= 0.3 is 5.97 Å². The number of carboxylic acid groups (broad SMARTS) is 1. The third-order valence-corrected chi connectivity index (χ3v) is 3.17. The molecule has 2 rings (SSSR count). The number of aromatic nitrogens is 3. The van der Waals surface area contributed by atoms with Crippen LogP contribution in [0.4, 0.5) is 0 Å². The summed E-state index contributed by atoms with van der Waals surface area (Å²) in [7, 11) is 0. The van der Waals surface area contributed by atoms with Gasteiger partial charge in [-0.05, 0) is 6.07 Å². The van der Waals surface area contributed by atoms with Gasteiger partial charge in [-0.2, -0.15) is 5.10 Å². The first kappa shape index (κ1) is 10.9. The molecule has 2 heterocycles. The van der Waals surface area contributed by atoms with Crippen molar-refractivity contribution in [3.8, 4) is 0 Å². The lowest BCUT2D eigenvalue weighted by molar-refractivity contribution is -0.136. The summed E-state index contributed by atoms with van der Waals surface area (Å²) in [5.74, 6) is -0.791. The van der Waals surface area contributed by atoms with E-state index < -0.39 is 5.97 Å². The smallest absolute Gasteiger partial charge is 0.304 e. The third kappa shape index (κ3) is 2.33. The van der Waals surface area contributed by atoms with Crippen LogP contribution in [0.2, 0.25) is 0 Å². The van der Waals surface area contributed by atoms with Crippen molar-refractivity contribution >= 4 is 23.2 Å². The lowest BCUT2D eigenvalue weighted by Gasteiger charge is -2.08. The molecule has 5 nitrogen and oxygen atoms in total. The molecule has 0 spiro atoms. The SMILES string of the molecule is CC(CC(=O)O)Sc1nccn2nccc12. The monoisotopic (exact) mass is 237 g/mol. The number of carbonyl (C=O) groups is 1. The normalized spacial score (nSPS) is 12.8. The maximum atomic E-state index is 10.6. The van der Waals surface area contributed by atoms with Gasteiger partial charge in [-0.15, -0.1) is 11.8 Å². The minimum absolute atomic E-state index is 0.00824. The molecule has 0 saturated carbocycles. The van der Waals surface area contributed by atoms with E-state index in [9.17, 15) is 4.79 Å². The Morgan fingerprint density at radius 2 is 2.44 bits per heavy atom. The number of hydrogen-bond donors (Lipinski definition) is 1. The molecule has 1 atom stereocenters. The quantitative estimate of drug-likeness (QED) is 0.819. The number of rotatable bonds is 4. The first-order valence-electron chi connectivity index (χ1n) is 4.83. The Morgan fingerprint density at radius 3 is 3.19 bits per heavy atom. The highest BCUT2D eigenvalue weighted by atomic mass is 32.2. The minimum atomic E-state index is -0.791. The van der Waals surface area contributed by atoms with E-state index in [1.807, 2.05) is 13.0 Å². The molecule has 2 aromatic rings. The van der Waals surface area contributed by atoms with Gasteiger partial charge in [0, 0.05) is 17.6 Å². The summed E-state index contributed by atoms with van der Waals surface area (Å²) in [4.78, 5) is 14.8. The number of hydrogen-bond acceptors (Lipinski definition) is 4. The van der Waals surface area contributed by atoms with E-state index in [4.69, 9.17) is 5.11 Å². The number of nitrogens with zero attached hydrogens (tertiary/aromatic N) is 3. The molecule has 0 aromatic carbocycles. The summed E-state index contributed by atoms with van der Waals surface area (Å²) < 4.78 is 1.73. The van der Waals surface area contributed by atoms with E-state index >= 15 is 0 Å². The number of fused-ring (bicyclic) bond motifs is 1. The zero-order valence-corrected chi connectivity index (χ0v) is 9.52. The zero-order chi connectivity index (χ0) is 11.5. The van der Waals surface area contributed by atoms with Crippen molar-refractivity contribution < 1.29 is 9.90 Å². The Kier molecular flexibility index (Phi) is 3.09. The second-order valence-corrected chi connectivity index (χ2v) is 4.85. The zero-order valence-electron chi connectivity index (χ0n) is 8.70. The van der Waals surface area contributed by atoms with Crippen LogP contribution in [0.5, 0.6) is 0 Å². The molecule has 6 heteroatoms. The van der Waals surface area contributed by atoms with Gasteiger partial charge in [0.05, 0.1) is 18.1 Å². The standard InChI is InChI=1S/C10H11N3O2S/c1-7(6-9(14)15)16-10-8-2-3-12-13(8)5-4-11-10/h2-5,7H,6H2,1H3,(H,14,15). The molecule has 0 radical (unpaired) electrons. The molecule has 0 saturated heterocycles. The highest BCUT2D eigenvalue weighted by Crippen LogP contribution is 2.26. The third-order valence-electron chi connectivity index (χ3n) is 2.06. The van der Waals surface area contributed by atoms with Crippen molar-refractivity contribution in [2.24, 2.45) is 0 Å². The van der Waals surface area contributed by atoms with Crippen LogP contribution < -0.4 is 0 Å². The van der Waals surface area contributed by atoms with Gasteiger partial charge in [0.1, 0.15) is 5.03 Å². The molecule has 0 bridgehead atoms. The summed E-state index contributed by atoms with van der Waals surface area (Å²) >= 11 is 1.45. The van der Waals surface area contributed by atoms with Crippen LogP contribution in [0.15, 0.2) is 29.7 Å². The largest absolute Gasteiger partial charge is 0.481 e. The summed E-state index contributed by atoms with van der Waals surface area (Å²) in [6.45, 7) is 1.88. The molecular formula is C10H11N3O2S. The highest BCUT2D eigenvalue weighted by Gasteiger charge is 2.12. The average molecular weight is 237 g/mol. The van der Waals surface area contributed by atoms with Crippen LogP contribution in [-0.4, -0.2) is 30.9 Å². The first-order valence-corrected chi connectivity index (χ1v) is 5.71. The van der Waals surface area contributed by atoms with Gasteiger partial charge in [-0.3, -0.25) is 4.79 Å². The second-order valence-electron chi connectivity index (χ2n) is 3.42. The molecular weight excluding hydrogens is 226 g/mol. The van der Waals surface area contributed by atoms with Crippen LogP contribution >= 0.6 is 11.8 Å². The second kappa shape index (κ2) is 4.52. The predicted molar refractivity (Wildman–Crippen MR) is 60.6 cm³/mol. The van der Waals surface area contributed by atoms with Gasteiger partial charge in [-0.25, -0.2) is 9.50 Å². The van der Waals surface area contributed by atoms with Crippen LogP contribution in [0.1, 0.15) is 13.3 Å². The van der Waals surface area contributed by atoms with E-state index in [2.05, 4.69) is 10.1 Å². The topological polar surface area (TPSA) is 67.5 Å². The Morgan fingerprint density at radius 1 is 1.62 bits per heavy atom. The molecule has 0 fully saturated rings. The maximum Gasteiger partial charge on any atom is 0.304 e. The molecule has 0 amide bonds. The number of thioether (sulfide) groups is 1. The Hall–Kier alpha value is -1.56. The molecule has 0 aliphatic rings. The molecule has 84 valence electrons. The summed E-state index contributed by atoms with van der Waals surface area (Å²) in [5, 5.41) is 13.6. The van der Waals surface area contributed by atoms with Crippen LogP contribution in [0.3, 0.4) is 0 Å². The fourth-order valence-corrected chi connectivity index (χ4v) is 2.41. The fourth-order valence-electron chi connectivity index (χ4n) is 1.40. The molecule has 0 aliphatic carbocycles. The lowest BCUT2D eigenvalue weighted by atomic mass is 10.3. The van der Waals surface area contributed by atoms with E-state index in [1.54, 1.807) is 23.1 Å². The van der Waals surface area contributed by atoms with Crippen molar-refractivity contribution in [2.75, 3.05) is 0 Å². The van der Waals surface area contributed by atoms with E-state index in [1.165, 1.54) is 11.8 Å². The van der Waals surface area contributed by atoms with Gasteiger partial charge in [-0.1, -0.05) is 6.92 Å². The Balaban J connectivity index is 2.20. The first-order chi connectivity index (χ1) is 7.66. The van der Waals surface area contributed by atoms with Gasteiger partial charge in [0.25, 0.3) is 0 Å². The van der Waals surface area contributed by atoms with E-state index in [0.29, 0.717) is 0 Å². The predicted octanol–water partition coefficient (Wildman–Crippen LogP) is 1.68. The lowest BCUT2D eigenvalue weighted by Crippen LogP contribution is -2.06. The Labute approximate surface area is 96.5 Å². The van der Waals surface area contributed by atoms with Gasteiger partial charge < -0.3 is 5.11 Å². The van der Waals surface area contributed by atoms with Crippen molar-refractivity contribution in [3.05, 3.63) is 24.7 Å². The summed E-state index contributed by atoms with van der Waals surface area (Å²) in [6, 6.07) is 1.86. The van der Waals surface area contributed by atoms with Gasteiger partial charge in [0.2, 0.25) is 0 Å². The minimum Gasteiger partial charge on any atom is -0.481 e. The van der Waals surface area contributed by atoms with Crippen molar-refractivity contribution in [1.29, 1.82) is 0 Å². The van der Waals surface area contributed by atoms with E-state index in [-0.39, 0.29) is 11.7 Å². The van der Waals surface area contributed by atoms with Crippen molar-refractivity contribution in [1.82, 2.24) is 14.6 Å². The number of carboxylic acids is 1. The molecule has 2 aromatic heterocycles. The summed E-state index contributed by atoms with van der Waals surface area (Å²) in [5.41, 5.74) is 0.907. The molecule has 1 unspecified atom stereocenters. The van der Waals surface area contributed by atoms with Crippen molar-refractivity contribution in [2.45, 2.75) is 23.6 Å². The van der Waals surface area contributed by atoms with Crippen LogP contribution in [-0.2, 0) is 4.79 Å². The van der Waals surface area contributed by atoms with Crippen LogP contribution in [0, 0.1) is 0 Å². The van der Waals surface area contributed by atoms with E-state index in [0.717, 1.165) is 10.5 Å².